The van der Waals surface area contributed by atoms with E-state index in [1.165, 1.54) is 0 Å². The average molecular weight is 655 g/mol. The number of furan rings is 1. The molecule has 1 heteroatoms. The van der Waals surface area contributed by atoms with Crippen molar-refractivity contribution >= 4 is 86.6 Å². The van der Waals surface area contributed by atoms with Crippen molar-refractivity contribution in [3.63, 3.8) is 0 Å². The molecule has 0 spiro atoms. The molecule has 12 rings (SSSR count). The largest absolute Gasteiger partial charge is 0.456 e. The van der Waals surface area contributed by atoms with Gasteiger partial charge in [0, 0.05) is 10.8 Å². The van der Waals surface area contributed by atoms with Gasteiger partial charge in [0.1, 0.15) is 11.2 Å². The van der Waals surface area contributed by atoms with Gasteiger partial charge in [-0.25, -0.2) is 0 Å². The fourth-order valence-electron chi connectivity index (χ4n) is 8.19. The van der Waals surface area contributed by atoms with Gasteiger partial charge in [-0.05, 0) is 134 Å². The number of hydrogen-bond donors (Lipinski definition) is 0. The average Bonchev–Trinajstić information content (AvgIpc) is 3.69. The molecule has 234 valence electrons. The molecular weight excluding hydrogens is 617 g/mol. The summed E-state index contributed by atoms with van der Waals surface area (Å²) >= 11 is 0. The van der Waals surface area contributed by atoms with Crippen LogP contribution in [0.15, 0.2) is 174 Å². The molecule has 1 aromatic heterocycles. The van der Waals surface area contributed by atoms with Crippen LogP contribution in [-0.4, -0.2) is 0 Å². The van der Waals surface area contributed by atoms with Crippen LogP contribution in [0.1, 0.15) is 13.7 Å². The maximum absolute atomic E-state index is 10.1. The van der Waals surface area contributed by atoms with E-state index in [0.717, 1.165) is 64.6 Å². The van der Waals surface area contributed by atoms with Crippen molar-refractivity contribution in [2.24, 2.45) is 0 Å². The Morgan fingerprint density at radius 2 is 0.804 bits per heavy atom. The van der Waals surface area contributed by atoms with Crippen LogP contribution in [0.4, 0.5) is 0 Å². The van der Waals surface area contributed by atoms with E-state index in [9.17, 15) is 8.22 Å². The highest BCUT2D eigenvalue weighted by atomic mass is 16.3. The number of para-hydroxylation sites is 1. The highest BCUT2D eigenvalue weighted by Crippen LogP contribution is 2.44. The van der Waals surface area contributed by atoms with E-state index in [1.807, 2.05) is 60.7 Å². The second kappa shape index (κ2) is 9.94. The molecule has 0 aliphatic rings. The Bertz CT molecular complexity index is 3740. The van der Waals surface area contributed by atoms with Gasteiger partial charge < -0.3 is 4.42 Å². The molecule has 0 aliphatic carbocycles. The predicted molar refractivity (Wildman–Crippen MR) is 217 cm³/mol. The summed E-state index contributed by atoms with van der Waals surface area (Å²) in [5, 5.41) is 11.5. The third kappa shape index (κ3) is 3.81. The fraction of sp³-hybridized carbons (Fsp3) is 0. The molecule has 11 aromatic carbocycles. The van der Waals surface area contributed by atoms with Gasteiger partial charge in [0.25, 0.3) is 0 Å². The summed E-state index contributed by atoms with van der Waals surface area (Å²) in [6.45, 7) is 0. The zero-order valence-electron chi connectivity index (χ0n) is 36.8. The van der Waals surface area contributed by atoms with Crippen LogP contribution in [-0.2, 0) is 0 Å². The summed E-state index contributed by atoms with van der Waals surface area (Å²) in [5.41, 5.74) is 0.653. The zero-order chi connectivity index (χ0) is 41.9. The topological polar surface area (TPSA) is 13.1 Å². The first-order valence-electron chi connectivity index (χ1n) is 21.9. The Kier molecular flexibility index (Phi) is 3.80. The molecule has 0 N–H and O–H groups in total. The zero-order valence-corrected chi connectivity index (χ0v) is 26.8. The summed E-state index contributed by atoms with van der Waals surface area (Å²) in [6.07, 6.45) is 0. The molecular formula is C50H28O. The van der Waals surface area contributed by atoms with Crippen LogP contribution in [0.25, 0.3) is 120 Å². The summed E-state index contributed by atoms with van der Waals surface area (Å²) in [4.78, 5) is 0. The van der Waals surface area contributed by atoms with E-state index in [2.05, 4.69) is 48.5 Å². The number of fused-ring (bicyclic) bond motifs is 3. The van der Waals surface area contributed by atoms with Gasteiger partial charge in [0.05, 0.1) is 13.7 Å². The minimum Gasteiger partial charge on any atom is -0.456 e. The van der Waals surface area contributed by atoms with Crippen molar-refractivity contribution in [2.75, 3.05) is 0 Å². The smallest absolute Gasteiger partial charge is 0.136 e. The fourth-order valence-corrected chi connectivity index (χ4v) is 8.19. The molecule has 1 nitrogen and oxygen atoms in total. The maximum Gasteiger partial charge on any atom is 0.136 e. The number of hydrogen-bond acceptors (Lipinski definition) is 1. The Labute approximate surface area is 307 Å². The van der Waals surface area contributed by atoms with Crippen molar-refractivity contribution in [2.45, 2.75) is 0 Å². The molecule has 0 saturated heterocycles. The third-order valence-corrected chi connectivity index (χ3v) is 10.5. The molecule has 0 aliphatic heterocycles. The van der Waals surface area contributed by atoms with Gasteiger partial charge >= 0.3 is 0 Å². The van der Waals surface area contributed by atoms with E-state index in [4.69, 9.17) is 9.90 Å². The summed E-state index contributed by atoms with van der Waals surface area (Å²) < 4.78 is 98.4. The minimum absolute atomic E-state index is 0.0681. The van der Waals surface area contributed by atoms with Crippen molar-refractivity contribution < 1.29 is 18.1 Å². The maximum atomic E-state index is 10.1. The normalized spacial score (nSPS) is 15.1. The van der Waals surface area contributed by atoms with Gasteiger partial charge in [0.15, 0.2) is 0 Å². The van der Waals surface area contributed by atoms with Crippen LogP contribution in [0.3, 0.4) is 0 Å². The summed E-state index contributed by atoms with van der Waals surface area (Å²) in [5.74, 6) is 0. The number of rotatable bonds is 3. The van der Waals surface area contributed by atoms with Crippen molar-refractivity contribution in [3.8, 4) is 33.4 Å². The lowest BCUT2D eigenvalue weighted by Crippen LogP contribution is -1.91. The van der Waals surface area contributed by atoms with Crippen LogP contribution in [0.2, 0.25) is 0 Å². The minimum atomic E-state index is -0.537. The van der Waals surface area contributed by atoms with Gasteiger partial charge in [-0.15, -0.1) is 0 Å². The first-order valence-corrected chi connectivity index (χ1v) is 16.9. The van der Waals surface area contributed by atoms with Crippen molar-refractivity contribution in [3.05, 3.63) is 170 Å². The van der Waals surface area contributed by atoms with Gasteiger partial charge in [-0.1, -0.05) is 133 Å². The quantitative estimate of drug-likeness (QED) is 0.173. The first kappa shape index (κ1) is 19.5. The molecule has 12 aromatic rings. The first-order chi connectivity index (χ1) is 29.5. The van der Waals surface area contributed by atoms with Gasteiger partial charge in [-0.2, -0.15) is 0 Å². The van der Waals surface area contributed by atoms with Crippen LogP contribution >= 0.6 is 0 Å². The van der Waals surface area contributed by atoms with E-state index in [-0.39, 0.29) is 62.3 Å². The van der Waals surface area contributed by atoms with E-state index in [0.29, 0.717) is 11.1 Å². The molecule has 0 unspecified atom stereocenters. The SMILES string of the molecule is [2H]c1c(-c2c([2H])c([2H])c3c(oc4c([2H])c([2H])c([2H])c([2H])c43)c2[2H])c([2H])c(-c2ccc3ccc4cccc5ccc2c3c45)c([2H])c1-c1ccc2ccc3cccc4ccc1c2c34. The van der Waals surface area contributed by atoms with Crippen LogP contribution < -0.4 is 0 Å². The van der Waals surface area contributed by atoms with Crippen molar-refractivity contribution in [1.29, 1.82) is 0 Å². The predicted octanol–water partition coefficient (Wildman–Crippen LogP) is 14.4. The second-order valence-corrected chi connectivity index (χ2v) is 13.2. The Hall–Kier alpha value is -6.70. The van der Waals surface area contributed by atoms with E-state index < -0.39 is 42.3 Å². The molecule has 51 heavy (non-hydrogen) atoms. The molecule has 0 atom stereocenters. The lowest BCUT2D eigenvalue weighted by Gasteiger charge is -2.18. The third-order valence-electron chi connectivity index (χ3n) is 10.5. The number of benzene rings is 11. The van der Waals surface area contributed by atoms with Crippen LogP contribution in [0.5, 0.6) is 0 Å². The van der Waals surface area contributed by atoms with Gasteiger partial charge in [-0.3, -0.25) is 0 Å². The Balaban J connectivity index is 1.26. The molecule has 0 fully saturated rings. The van der Waals surface area contributed by atoms with Gasteiger partial charge in [0.2, 0.25) is 0 Å². The highest BCUT2D eigenvalue weighted by molar-refractivity contribution is 6.27. The summed E-state index contributed by atoms with van der Waals surface area (Å²) in [6, 6.07) is 32.3. The molecule has 0 bridgehead atoms. The van der Waals surface area contributed by atoms with Crippen LogP contribution in [0, 0.1) is 0 Å². The second-order valence-electron chi connectivity index (χ2n) is 13.2. The summed E-state index contributed by atoms with van der Waals surface area (Å²) in [7, 11) is 0. The molecule has 1 heterocycles. The Morgan fingerprint density at radius 1 is 0.333 bits per heavy atom. The monoisotopic (exact) mass is 654 g/mol. The van der Waals surface area contributed by atoms with E-state index in [1.54, 1.807) is 0 Å². The van der Waals surface area contributed by atoms with E-state index >= 15 is 0 Å². The molecule has 0 amide bonds. The molecule has 0 saturated carbocycles. The lowest BCUT2D eigenvalue weighted by atomic mass is 9.86. The Morgan fingerprint density at radius 3 is 1.39 bits per heavy atom. The lowest BCUT2D eigenvalue weighted by molar-refractivity contribution is 0.669. The van der Waals surface area contributed by atoms with Crippen molar-refractivity contribution in [1.82, 2.24) is 0 Å². The highest BCUT2D eigenvalue weighted by Gasteiger charge is 2.17. The standard InChI is InChI=1S/C50H28O/c1-2-10-45-41(9-1)42-22-19-35(28-46(42)51-45)36-25-37(39-20-15-33-13-11-29-5-3-7-31-17-23-43(39)49(33)47(29)31)27-38(26-36)40-21-16-34-14-12-30-6-4-8-32-18-24-44(40)50(34)48(30)32/h1-28H/i1D,2D,9D,10D,19D,22D,25D,26D,27D,28D. The molecule has 0 radical (unpaired) electrons.